The molecular weight excluding hydrogens is 353 g/mol. The Labute approximate surface area is 155 Å². The third kappa shape index (κ3) is 5.44. The molecule has 0 spiro atoms. The minimum absolute atomic E-state index is 0.0776. The van der Waals surface area contributed by atoms with Gasteiger partial charge in [0, 0.05) is 12.7 Å². The second kappa shape index (κ2) is 8.53. The summed E-state index contributed by atoms with van der Waals surface area (Å²) >= 11 is 0. The highest BCUT2D eigenvalue weighted by Crippen LogP contribution is 2.35. The maximum Gasteiger partial charge on any atom is 0.418 e. The maximum atomic E-state index is 13.1. The fourth-order valence-electron chi connectivity index (χ4n) is 2.63. The van der Waals surface area contributed by atoms with Crippen molar-refractivity contribution < 1.29 is 13.2 Å². The number of halogens is 3. The van der Waals surface area contributed by atoms with E-state index in [1.165, 1.54) is 30.0 Å². The molecular formula is C20H19F3N4. The van der Waals surface area contributed by atoms with E-state index in [9.17, 15) is 13.2 Å². The lowest BCUT2D eigenvalue weighted by molar-refractivity contribution is -0.136. The zero-order valence-electron chi connectivity index (χ0n) is 14.5. The molecule has 0 aliphatic carbocycles. The van der Waals surface area contributed by atoms with E-state index >= 15 is 0 Å². The van der Waals surface area contributed by atoms with Crippen molar-refractivity contribution in [3.05, 3.63) is 78.0 Å². The molecule has 7 heteroatoms. The number of benzene rings is 2. The number of nitrogens with zero attached hydrogens (tertiary/aromatic N) is 2. The van der Waals surface area contributed by atoms with Gasteiger partial charge >= 0.3 is 6.18 Å². The molecule has 0 amide bonds. The first-order chi connectivity index (χ1) is 13.0. The van der Waals surface area contributed by atoms with Crippen molar-refractivity contribution in [3.63, 3.8) is 0 Å². The van der Waals surface area contributed by atoms with E-state index in [1.807, 2.05) is 18.2 Å². The molecule has 0 aliphatic heterocycles. The summed E-state index contributed by atoms with van der Waals surface area (Å²) in [6, 6.07) is 17.1. The van der Waals surface area contributed by atoms with Crippen molar-refractivity contribution in [1.82, 2.24) is 9.97 Å². The zero-order valence-corrected chi connectivity index (χ0v) is 14.5. The smallest absolute Gasteiger partial charge is 0.370 e. The lowest BCUT2D eigenvalue weighted by Crippen LogP contribution is -2.10. The summed E-state index contributed by atoms with van der Waals surface area (Å²) in [4.78, 5) is 8.24. The quantitative estimate of drug-likeness (QED) is 0.554. The number of anilines is 3. The van der Waals surface area contributed by atoms with Crippen LogP contribution in [0.5, 0.6) is 0 Å². The second-order valence-electron chi connectivity index (χ2n) is 5.95. The number of hydrogen-bond acceptors (Lipinski definition) is 4. The van der Waals surface area contributed by atoms with E-state index in [2.05, 4.69) is 32.7 Å². The van der Waals surface area contributed by atoms with Crippen LogP contribution in [-0.2, 0) is 12.6 Å². The van der Waals surface area contributed by atoms with Crippen molar-refractivity contribution in [2.45, 2.75) is 19.0 Å². The molecule has 0 bridgehead atoms. The Morgan fingerprint density at radius 3 is 2.41 bits per heavy atom. The molecule has 1 aromatic heterocycles. The number of rotatable bonds is 7. The Bertz CT molecular complexity index is 866. The topological polar surface area (TPSA) is 49.8 Å². The van der Waals surface area contributed by atoms with Gasteiger partial charge in [-0.3, -0.25) is 0 Å². The SMILES string of the molecule is FC(F)(F)c1ccccc1Nc1nccc(NCCCc2ccccc2)n1. The lowest BCUT2D eigenvalue weighted by Gasteiger charge is -2.14. The predicted molar refractivity (Wildman–Crippen MR) is 100 cm³/mol. The maximum absolute atomic E-state index is 13.1. The molecule has 27 heavy (non-hydrogen) atoms. The van der Waals surface area contributed by atoms with Crippen LogP contribution in [0.1, 0.15) is 17.5 Å². The average molecular weight is 372 g/mol. The number of para-hydroxylation sites is 1. The first-order valence-electron chi connectivity index (χ1n) is 8.56. The number of nitrogens with one attached hydrogen (secondary N) is 2. The summed E-state index contributed by atoms with van der Waals surface area (Å²) in [6.45, 7) is 0.699. The number of alkyl halides is 3. The van der Waals surface area contributed by atoms with Gasteiger partial charge in [0.1, 0.15) is 5.82 Å². The highest BCUT2D eigenvalue weighted by Gasteiger charge is 2.33. The summed E-state index contributed by atoms with van der Waals surface area (Å²) in [5.74, 6) is 0.671. The van der Waals surface area contributed by atoms with Gasteiger partial charge < -0.3 is 10.6 Å². The van der Waals surface area contributed by atoms with Crippen molar-refractivity contribution in [2.24, 2.45) is 0 Å². The Hall–Kier alpha value is -3.09. The third-order valence-electron chi connectivity index (χ3n) is 3.93. The molecule has 140 valence electrons. The van der Waals surface area contributed by atoms with E-state index in [-0.39, 0.29) is 11.6 Å². The molecule has 2 aromatic carbocycles. The van der Waals surface area contributed by atoms with Gasteiger partial charge in [-0.1, -0.05) is 42.5 Å². The van der Waals surface area contributed by atoms with Crippen molar-refractivity contribution in [1.29, 1.82) is 0 Å². The Kier molecular flexibility index (Phi) is 5.90. The molecule has 1 heterocycles. The number of hydrogen-bond donors (Lipinski definition) is 2. The van der Waals surface area contributed by atoms with Crippen LogP contribution in [0.4, 0.5) is 30.6 Å². The molecule has 3 aromatic rings. The fraction of sp³-hybridized carbons (Fsp3) is 0.200. The summed E-state index contributed by atoms with van der Waals surface area (Å²) in [5, 5.41) is 5.83. The first-order valence-corrected chi connectivity index (χ1v) is 8.56. The minimum Gasteiger partial charge on any atom is -0.370 e. The van der Waals surface area contributed by atoms with Crippen LogP contribution in [-0.4, -0.2) is 16.5 Å². The van der Waals surface area contributed by atoms with Gasteiger partial charge in [-0.25, -0.2) is 4.98 Å². The van der Waals surface area contributed by atoms with Gasteiger partial charge in [0.2, 0.25) is 5.95 Å². The van der Waals surface area contributed by atoms with E-state index in [4.69, 9.17) is 0 Å². The van der Waals surface area contributed by atoms with Gasteiger partial charge in [0.15, 0.2) is 0 Å². The molecule has 0 aliphatic rings. The molecule has 0 unspecified atom stereocenters. The van der Waals surface area contributed by atoms with Gasteiger partial charge in [0.05, 0.1) is 11.3 Å². The van der Waals surface area contributed by atoms with Crippen LogP contribution in [0.3, 0.4) is 0 Å². The van der Waals surface area contributed by atoms with Crippen LogP contribution in [0.25, 0.3) is 0 Å². The predicted octanol–water partition coefficient (Wildman–Crippen LogP) is 5.28. The first kappa shape index (κ1) is 18.7. The number of aromatic nitrogens is 2. The Balaban J connectivity index is 1.59. The molecule has 0 radical (unpaired) electrons. The molecule has 2 N–H and O–H groups in total. The molecule has 0 atom stereocenters. The van der Waals surface area contributed by atoms with Gasteiger partial charge in [-0.15, -0.1) is 0 Å². The normalized spacial score (nSPS) is 11.2. The van der Waals surface area contributed by atoms with Crippen molar-refractivity contribution in [3.8, 4) is 0 Å². The van der Waals surface area contributed by atoms with Crippen molar-refractivity contribution in [2.75, 3.05) is 17.2 Å². The average Bonchev–Trinajstić information content (AvgIpc) is 2.66. The summed E-state index contributed by atoms with van der Waals surface area (Å²) < 4.78 is 39.2. The number of aryl methyl sites for hydroxylation is 1. The Morgan fingerprint density at radius 1 is 0.889 bits per heavy atom. The summed E-state index contributed by atoms with van der Waals surface area (Å²) in [5.41, 5.74) is 0.425. The zero-order chi connectivity index (χ0) is 19.1. The highest BCUT2D eigenvalue weighted by molar-refractivity contribution is 5.60. The standard InChI is InChI=1S/C20H19F3N4/c21-20(22,23)16-10-4-5-11-17(16)26-19-25-14-12-18(27-19)24-13-6-9-15-7-2-1-3-8-15/h1-5,7-8,10-12,14H,6,9,13H2,(H2,24,25,26,27). The highest BCUT2D eigenvalue weighted by atomic mass is 19.4. The molecule has 0 saturated carbocycles. The van der Waals surface area contributed by atoms with E-state index < -0.39 is 11.7 Å². The molecule has 0 fully saturated rings. The van der Waals surface area contributed by atoms with Crippen LogP contribution >= 0.6 is 0 Å². The monoisotopic (exact) mass is 372 g/mol. The van der Waals surface area contributed by atoms with Crippen molar-refractivity contribution >= 4 is 17.5 Å². The van der Waals surface area contributed by atoms with Crippen LogP contribution in [0.2, 0.25) is 0 Å². The largest absolute Gasteiger partial charge is 0.418 e. The molecule has 4 nitrogen and oxygen atoms in total. The summed E-state index contributed by atoms with van der Waals surface area (Å²) in [6.07, 6.45) is -1.10. The van der Waals surface area contributed by atoms with Crippen LogP contribution in [0, 0.1) is 0 Å². The van der Waals surface area contributed by atoms with Gasteiger partial charge in [-0.05, 0) is 36.6 Å². The lowest BCUT2D eigenvalue weighted by atomic mass is 10.1. The Morgan fingerprint density at radius 2 is 1.63 bits per heavy atom. The third-order valence-corrected chi connectivity index (χ3v) is 3.93. The second-order valence-corrected chi connectivity index (χ2v) is 5.95. The van der Waals surface area contributed by atoms with E-state index in [0.717, 1.165) is 18.9 Å². The van der Waals surface area contributed by atoms with Gasteiger partial charge in [0.25, 0.3) is 0 Å². The fourth-order valence-corrected chi connectivity index (χ4v) is 2.63. The van der Waals surface area contributed by atoms with E-state index in [1.54, 1.807) is 6.07 Å². The molecule has 3 rings (SSSR count). The van der Waals surface area contributed by atoms with Crippen LogP contribution < -0.4 is 10.6 Å². The van der Waals surface area contributed by atoms with Crippen LogP contribution in [0.15, 0.2) is 66.9 Å². The minimum atomic E-state index is -4.45. The van der Waals surface area contributed by atoms with E-state index in [0.29, 0.717) is 12.4 Å². The summed E-state index contributed by atoms with van der Waals surface area (Å²) in [7, 11) is 0. The van der Waals surface area contributed by atoms with Gasteiger partial charge in [-0.2, -0.15) is 18.2 Å². The molecule has 0 saturated heterocycles.